The average molecular weight is 279 g/mol. The molecule has 0 aromatic carbocycles. The first-order valence-corrected chi connectivity index (χ1v) is 7.41. The molecule has 1 atom stereocenters. The van der Waals surface area contributed by atoms with Gasteiger partial charge in [-0.15, -0.1) is 0 Å². The molecule has 1 saturated carbocycles. The van der Waals surface area contributed by atoms with Crippen LogP contribution in [0.25, 0.3) is 0 Å². The Kier molecular flexibility index (Phi) is 6.00. The zero-order chi connectivity index (χ0) is 15.2. The Labute approximate surface area is 121 Å². The Morgan fingerprint density at radius 3 is 2.30 bits per heavy atom. The van der Waals surface area contributed by atoms with Crippen molar-refractivity contribution in [2.45, 2.75) is 58.9 Å². The zero-order valence-electron chi connectivity index (χ0n) is 12.7. The molecule has 5 heteroatoms. The van der Waals surface area contributed by atoms with Crippen molar-refractivity contribution in [3.8, 4) is 6.07 Å². The van der Waals surface area contributed by atoms with E-state index in [1.807, 2.05) is 13.8 Å². The van der Waals surface area contributed by atoms with Crippen LogP contribution in [0.2, 0.25) is 0 Å². The molecule has 5 nitrogen and oxygen atoms in total. The molecular weight excluding hydrogens is 254 g/mol. The highest BCUT2D eigenvalue weighted by atomic mass is 16.2. The third kappa shape index (κ3) is 4.22. The van der Waals surface area contributed by atoms with Crippen molar-refractivity contribution in [3.05, 3.63) is 0 Å². The molecule has 112 valence electrons. The van der Waals surface area contributed by atoms with E-state index in [2.05, 4.69) is 16.7 Å². The van der Waals surface area contributed by atoms with Crippen LogP contribution in [-0.2, 0) is 9.59 Å². The number of nitrogens with one attached hydrogen (secondary N) is 2. The highest BCUT2D eigenvalue weighted by Gasteiger charge is 2.40. The fourth-order valence-electron chi connectivity index (χ4n) is 2.40. The lowest BCUT2D eigenvalue weighted by molar-refractivity contribution is -0.134. The Balaban J connectivity index is 2.56. The summed E-state index contributed by atoms with van der Waals surface area (Å²) in [4.78, 5) is 24.1. The van der Waals surface area contributed by atoms with Gasteiger partial charge in [0, 0.05) is 6.54 Å². The van der Waals surface area contributed by atoms with Crippen LogP contribution in [0.15, 0.2) is 0 Å². The molecular formula is C15H25N3O2. The van der Waals surface area contributed by atoms with Gasteiger partial charge in [-0.25, -0.2) is 0 Å². The van der Waals surface area contributed by atoms with Crippen molar-refractivity contribution >= 4 is 11.8 Å². The van der Waals surface area contributed by atoms with Crippen molar-refractivity contribution in [3.63, 3.8) is 0 Å². The predicted molar refractivity (Wildman–Crippen MR) is 76.6 cm³/mol. The highest BCUT2D eigenvalue weighted by Crippen LogP contribution is 2.35. The standard InChI is InChI=1S/C15H25N3O2/c1-11(2)9-17-13(19)12(3)18-14(20)15(10-16)7-5-4-6-8-15/h11-12H,4-9H2,1-3H3,(H,17,19)(H,18,20). The van der Waals surface area contributed by atoms with Gasteiger partial charge in [-0.05, 0) is 25.7 Å². The smallest absolute Gasteiger partial charge is 0.242 e. The molecule has 0 spiro atoms. The molecule has 0 aromatic heterocycles. The lowest BCUT2D eigenvalue weighted by Gasteiger charge is -2.30. The van der Waals surface area contributed by atoms with Crippen LogP contribution in [0.1, 0.15) is 52.9 Å². The molecule has 1 aliphatic carbocycles. The quantitative estimate of drug-likeness (QED) is 0.804. The number of nitriles is 1. The van der Waals surface area contributed by atoms with Gasteiger partial charge in [0.25, 0.3) is 0 Å². The normalized spacial score (nSPS) is 18.9. The van der Waals surface area contributed by atoms with Crippen LogP contribution in [0.3, 0.4) is 0 Å². The minimum Gasteiger partial charge on any atom is -0.354 e. The van der Waals surface area contributed by atoms with Crippen LogP contribution >= 0.6 is 0 Å². The Morgan fingerprint density at radius 1 is 1.20 bits per heavy atom. The summed E-state index contributed by atoms with van der Waals surface area (Å²) in [5, 5.41) is 14.8. The third-order valence-electron chi connectivity index (χ3n) is 3.78. The molecule has 1 fully saturated rings. The summed E-state index contributed by atoms with van der Waals surface area (Å²) in [6, 6.07) is 1.56. The Bertz CT molecular complexity index is 392. The summed E-state index contributed by atoms with van der Waals surface area (Å²) in [5.41, 5.74) is -0.940. The van der Waals surface area contributed by atoms with E-state index in [0.717, 1.165) is 19.3 Å². The zero-order valence-corrected chi connectivity index (χ0v) is 12.7. The Hall–Kier alpha value is -1.57. The number of rotatable bonds is 5. The maximum atomic E-state index is 12.3. The molecule has 2 amide bonds. The van der Waals surface area contributed by atoms with Crippen molar-refractivity contribution in [1.29, 1.82) is 5.26 Å². The number of amides is 2. The van der Waals surface area contributed by atoms with E-state index in [-0.39, 0.29) is 11.8 Å². The van der Waals surface area contributed by atoms with Crippen molar-refractivity contribution < 1.29 is 9.59 Å². The largest absolute Gasteiger partial charge is 0.354 e. The second kappa shape index (κ2) is 7.28. The van der Waals surface area contributed by atoms with Crippen molar-refractivity contribution in [1.82, 2.24) is 10.6 Å². The van der Waals surface area contributed by atoms with Crippen molar-refractivity contribution in [2.24, 2.45) is 11.3 Å². The first-order chi connectivity index (χ1) is 9.41. The van der Waals surface area contributed by atoms with Crippen LogP contribution in [0.5, 0.6) is 0 Å². The second-order valence-electron chi connectivity index (χ2n) is 6.09. The molecule has 0 radical (unpaired) electrons. The van der Waals surface area contributed by atoms with Gasteiger partial charge < -0.3 is 10.6 Å². The van der Waals surface area contributed by atoms with E-state index < -0.39 is 11.5 Å². The van der Waals surface area contributed by atoms with E-state index in [0.29, 0.717) is 25.3 Å². The highest BCUT2D eigenvalue weighted by molar-refractivity contribution is 5.91. The van der Waals surface area contributed by atoms with Gasteiger partial charge in [-0.3, -0.25) is 9.59 Å². The van der Waals surface area contributed by atoms with Gasteiger partial charge in [0.05, 0.1) is 6.07 Å². The number of hydrogen-bond donors (Lipinski definition) is 2. The first-order valence-electron chi connectivity index (χ1n) is 7.41. The summed E-state index contributed by atoms with van der Waals surface area (Å²) in [5.74, 6) is -0.131. The third-order valence-corrected chi connectivity index (χ3v) is 3.78. The number of nitrogens with zero attached hydrogens (tertiary/aromatic N) is 1. The van der Waals surface area contributed by atoms with Gasteiger partial charge in [0.2, 0.25) is 11.8 Å². The van der Waals surface area contributed by atoms with E-state index in [1.165, 1.54) is 0 Å². The molecule has 2 N–H and O–H groups in total. The number of carbonyl (C=O) groups is 2. The number of hydrogen-bond acceptors (Lipinski definition) is 3. The summed E-state index contributed by atoms with van der Waals surface area (Å²) in [6.07, 6.45) is 4.05. The van der Waals surface area contributed by atoms with E-state index in [1.54, 1.807) is 6.92 Å². The maximum Gasteiger partial charge on any atom is 0.242 e. The first kappa shape index (κ1) is 16.5. The van der Waals surface area contributed by atoms with Gasteiger partial charge in [-0.1, -0.05) is 33.1 Å². The molecule has 0 heterocycles. The summed E-state index contributed by atoms with van der Waals surface area (Å²) >= 11 is 0. The van der Waals surface area contributed by atoms with E-state index in [4.69, 9.17) is 0 Å². The SMILES string of the molecule is CC(C)CNC(=O)C(C)NC(=O)C1(C#N)CCCCC1. The molecule has 0 aromatic rings. The van der Waals surface area contributed by atoms with Crippen molar-refractivity contribution in [2.75, 3.05) is 6.54 Å². The maximum absolute atomic E-state index is 12.3. The molecule has 1 unspecified atom stereocenters. The molecule has 1 rings (SSSR count). The Morgan fingerprint density at radius 2 is 1.80 bits per heavy atom. The summed E-state index contributed by atoms with van der Waals surface area (Å²) in [6.45, 7) is 6.26. The van der Waals surface area contributed by atoms with Crippen LogP contribution in [-0.4, -0.2) is 24.4 Å². The monoisotopic (exact) mass is 279 g/mol. The van der Waals surface area contributed by atoms with Crippen LogP contribution in [0.4, 0.5) is 0 Å². The minimum atomic E-state index is -0.940. The summed E-state index contributed by atoms with van der Waals surface area (Å²) < 4.78 is 0. The molecule has 0 saturated heterocycles. The van der Waals surface area contributed by atoms with Crippen LogP contribution < -0.4 is 10.6 Å². The fourth-order valence-corrected chi connectivity index (χ4v) is 2.40. The van der Waals surface area contributed by atoms with Gasteiger partial charge in [0.15, 0.2) is 0 Å². The minimum absolute atomic E-state index is 0.198. The number of carbonyl (C=O) groups excluding carboxylic acids is 2. The van der Waals surface area contributed by atoms with Gasteiger partial charge >= 0.3 is 0 Å². The lowest BCUT2D eigenvalue weighted by atomic mass is 9.74. The second-order valence-corrected chi connectivity index (χ2v) is 6.09. The fraction of sp³-hybridized carbons (Fsp3) is 0.800. The molecule has 20 heavy (non-hydrogen) atoms. The molecule has 1 aliphatic rings. The van der Waals surface area contributed by atoms with Crippen LogP contribution in [0, 0.1) is 22.7 Å². The van der Waals surface area contributed by atoms with E-state index in [9.17, 15) is 14.9 Å². The summed E-state index contributed by atoms with van der Waals surface area (Å²) in [7, 11) is 0. The topological polar surface area (TPSA) is 82.0 Å². The lowest BCUT2D eigenvalue weighted by Crippen LogP contribution is -2.50. The van der Waals surface area contributed by atoms with E-state index >= 15 is 0 Å². The van der Waals surface area contributed by atoms with Gasteiger partial charge in [-0.2, -0.15) is 5.26 Å². The molecule has 0 aliphatic heterocycles. The predicted octanol–water partition coefficient (Wildman–Crippen LogP) is 1.74. The van der Waals surface area contributed by atoms with Gasteiger partial charge in [0.1, 0.15) is 11.5 Å². The molecule has 0 bridgehead atoms. The average Bonchev–Trinajstić information content (AvgIpc) is 2.45.